The van der Waals surface area contributed by atoms with Gasteiger partial charge in [-0.3, -0.25) is 19.1 Å². The lowest BCUT2D eigenvalue weighted by atomic mass is 10.1. The van der Waals surface area contributed by atoms with E-state index in [1.807, 2.05) is 6.92 Å². The summed E-state index contributed by atoms with van der Waals surface area (Å²) >= 11 is 0. The Morgan fingerprint density at radius 1 is 1.63 bits per heavy atom. The van der Waals surface area contributed by atoms with Crippen molar-refractivity contribution in [3.05, 3.63) is 33.1 Å². The predicted octanol–water partition coefficient (Wildman–Crippen LogP) is -0.780. The Hall–Kier alpha value is -1.89. The van der Waals surface area contributed by atoms with Crippen molar-refractivity contribution in [3.8, 4) is 0 Å². The van der Waals surface area contributed by atoms with Crippen LogP contribution in [0, 0.1) is 0 Å². The Balaban J connectivity index is 1.93. The molecule has 7 heteroatoms. The van der Waals surface area contributed by atoms with Gasteiger partial charge in [0.25, 0.3) is 5.56 Å². The van der Waals surface area contributed by atoms with E-state index in [0.717, 1.165) is 24.0 Å². The highest BCUT2D eigenvalue weighted by molar-refractivity contribution is 5.76. The highest BCUT2D eigenvalue weighted by Gasteiger charge is 2.23. The molecule has 1 saturated heterocycles. The fourth-order valence-corrected chi connectivity index (χ4v) is 2.11. The molecule has 7 nitrogen and oxygen atoms in total. The molecule has 2 atom stereocenters. The molecule has 0 bridgehead atoms. The molecule has 0 spiro atoms. The number of rotatable bonds is 4. The zero-order valence-electron chi connectivity index (χ0n) is 10.7. The maximum Gasteiger partial charge on any atom is 0.328 e. The second-order valence-corrected chi connectivity index (χ2v) is 4.65. The standard InChI is InChI=1S/C12H17N3O4/c1-8(9-3-2-6-19-9)13-11(17)7-15-5-4-10(16)14-12(15)18/h4-5,8-9H,2-3,6-7H2,1H3,(H,13,17)(H,14,16,18)/t8-,9+/m0/s1. The summed E-state index contributed by atoms with van der Waals surface area (Å²) in [4.78, 5) is 36.2. The van der Waals surface area contributed by atoms with Crippen LogP contribution in [0.2, 0.25) is 0 Å². The number of hydrogen-bond donors (Lipinski definition) is 2. The molecule has 2 heterocycles. The summed E-state index contributed by atoms with van der Waals surface area (Å²) in [5.41, 5.74) is -1.07. The lowest BCUT2D eigenvalue weighted by Gasteiger charge is -2.20. The van der Waals surface area contributed by atoms with Crippen molar-refractivity contribution < 1.29 is 9.53 Å². The first-order chi connectivity index (χ1) is 9.06. The lowest BCUT2D eigenvalue weighted by Crippen LogP contribution is -2.43. The molecule has 0 unspecified atom stereocenters. The minimum absolute atomic E-state index is 0.0382. The summed E-state index contributed by atoms with van der Waals surface area (Å²) in [7, 11) is 0. The van der Waals surface area contributed by atoms with E-state index in [2.05, 4.69) is 10.3 Å². The molecule has 1 amide bonds. The van der Waals surface area contributed by atoms with Crippen LogP contribution in [0.4, 0.5) is 0 Å². The van der Waals surface area contributed by atoms with Crippen LogP contribution in [0.15, 0.2) is 21.9 Å². The van der Waals surface area contributed by atoms with Crippen LogP contribution in [0.1, 0.15) is 19.8 Å². The first-order valence-electron chi connectivity index (χ1n) is 6.27. The number of carbonyl (C=O) groups is 1. The van der Waals surface area contributed by atoms with Gasteiger partial charge in [0.1, 0.15) is 6.54 Å². The molecule has 0 radical (unpaired) electrons. The van der Waals surface area contributed by atoms with Crippen LogP contribution in [-0.4, -0.2) is 34.2 Å². The van der Waals surface area contributed by atoms with Crippen LogP contribution in [0.5, 0.6) is 0 Å². The largest absolute Gasteiger partial charge is 0.376 e. The Morgan fingerprint density at radius 3 is 3.05 bits per heavy atom. The summed E-state index contributed by atoms with van der Waals surface area (Å²) in [5.74, 6) is -0.280. The van der Waals surface area contributed by atoms with E-state index in [0.29, 0.717) is 0 Å². The normalized spacial score (nSPS) is 20.2. The monoisotopic (exact) mass is 267 g/mol. The fourth-order valence-electron chi connectivity index (χ4n) is 2.11. The number of ether oxygens (including phenoxy) is 1. The van der Waals surface area contributed by atoms with Crippen molar-refractivity contribution in [2.24, 2.45) is 0 Å². The average molecular weight is 267 g/mol. The minimum atomic E-state index is -0.590. The zero-order chi connectivity index (χ0) is 13.8. The van der Waals surface area contributed by atoms with Crippen molar-refractivity contribution in [3.63, 3.8) is 0 Å². The number of carbonyl (C=O) groups excluding carboxylic acids is 1. The Kier molecular flexibility index (Phi) is 4.16. The highest BCUT2D eigenvalue weighted by Crippen LogP contribution is 2.15. The first-order valence-corrected chi connectivity index (χ1v) is 6.27. The fraction of sp³-hybridized carbons (Fsp3) is 0.583. The number of hydrogen-bond acceptors (Lipinski definition) is 4. The highest BCUT2D eigenvalue weighted by atomic mass is 16.5. The molecule has 0 aliphatic carbocycles. The van der Waals surface area contributed by atoms with Crippen molar-refractivity contribution in [1.82, 2.24) is 14.9 Å². The number of nitrogens with zero attached hydrogens (tertiary/aromatic N) is 1. The second kappa shape index (κ2) is 5.83. The Labute approximate surface area is 109 Å². The number of nitrogens with one attached hydrogen (secondary N) is 2. The molecule has 1 aliphatic rings. The van der Waals surface area contributed by atoms with E-state index in [1.54, 1.807) is 0 Å². The third-order valence-electron chi connectivity index (χ3n) is 3.12. The molecule has 2 rings (SSSR count). The molecule has 1 fully saturated rings. The van der Waals surface area contributed by atoms with Crippen LogP contribution >= 0.6 is 0 Å². The summed E-state index contributed by atoms with van der Waals surface area (Å²) in [6.45, 7) is 2.49. The second-order valence-electron chi connectivity index (χ2n) is 4.65. The molecule has 1 aliphatic heterocycles. The molecular formula is C12H17N3O4. The topological polar surface area (TPSA) is 93.2 Å². The van der Waals surface area contributed by atoms with Gasteiger partial charge in [-0.05, 0) is 19.8 Å². The van der Waals surface area contributed by atoms with Crippen molar-refractivity contribution in [2.45, 2.75) is 38.5 Å². The minimum Gasteiger partial charge on any atom is -0.376 e. The lowest BCUT2D eigenvalue weighted by molar-refractivity contribution is -0.123. The van der Waals surface area contributed by atoms with Gasteiger partial charge in [-0.1, -0.05) is 0 Å². The van der Waals surface area contributed by atoms with Crippen molar-refractivity contribution in [2.75, 3.05) is 6.61 Å². The van der Waals surface area contributed by atoms with Gasteiger partial charge in [0.15, 0.2) is 0 Å². The van der Waals surface area contributed by atoms with E-state index in [4.69, 9.17) is 4.74 Å². The van der Waals surface area contributed by atoms with Crippen molar-refractivity contribution in [1.29, 1.82) is 0 Å². The summed E-state index contributed by atoms with van der Waals surface area (Å²) < 4.78 is 6.63. The van der Waals surface area contributed by atoms with Gasteiger partial charge in [-0.2, -0.15) is 0 Å². The molecule has 2 N–H and O–H groups in total. The number of aromatic amines is 1. The third kappa shape index (κ3) is 3.54. The maximum atomic E-state index is 11.8. The van der Waals surface area contributed by atoms with Crippen LogP contribution < -0.4 is 16.6 Å². The van der Waals surface area contributed by atoms with E-state index in [1.165, 1.54) is 12.3 Å². The maximum absolute atomic E-state index is 11.8. The summed E-state index contributed by atoms with van der Waals surface area (Å²) in [5, 5.41) is 2.80. The van der Waals surface area contributed by atoms with Gasteiger partial charge in [0.05, 0.1) is 12.1 Å². The molecule has 104 valence electrons. The third-order valence-corrected chi connectivity index (χ3v) is 3.12. The van der Waals surface area contributed by atoms with Crippen LogP contribution in [0.3, 0.4) is 0 Å². The van der Waals surface area contributed by atoms with Crippen LogP contribution in [-0.2, 0) is 16.1 Å². The molecule has 1 aromatic rings. The van der Waals surface area contributed by atoms with E-state index in [-0.39, 0.29) is 24.6 Å². The number of H-pyrrole nitrogens is 1. The smallest absolute Gasteiger partial charge is 0.328 e. The Bertz CT molecular complexity index is 557. The average Bonchev–Trinajstić information content (AvgIpc) is 2.86. The number of aromatic nitrogens is 2. The van der Waals surface area contributed by atoms with Gasteiger partial charge >= 0.3 is 5.69 Å². The SMILES string of the molecule is C[C@H](NC(=O)Cn1ccc(=O)[nH]c1=O)[C@H]1CCCO1. The molecular weight excluding hydrogens is 250 g/mol. The zero-order valence-corrected chi connectivity index (χ0v) is 10.7. The van der Waals surface area contributed by atoms with Gasteiger partial charge in [-0.15, -0.1) is 0 Å². The molecule has 0 saturated carbocycles. The Morgan fingerprint density at radius 2 is 2.42 bits per heavy atom. The van der Waals surface area contributed by atoms with Crippen molar-refractivity contribution >= 4 is 5.91 Å². The molecule has 1 aromatic heterocycles. The van der Waals surface area contributed by atoms with E-state index in [9.17, 15) is 14.4 Å². The van der Waals surface area contributed by atoms with E-state index >= 15 is 0 Å². The first kappa shape index (κ1) is 13.5. The molecule has 0 aromatic carbocycles. The summed E-state index contributed by atoms with van der Waals surface area (Å²) in [6.07, 6.45) is 3.28. The van der Waals surface area contributed by atoms with Gasteiger partial charge in [0, 0.05) is 18.9 Å². The van der Waals surface area contributed by atoms with E-state index < -0.39 is 11.2 Å². The van der Waals surface area contributed by atoms with Gasteiger partial charge < -0.3 is 10.1 Å². The van der Waals surface area contributed by atoms with Gasteiger partial charge in [-0.25, -0.2) is 4.79 Å². The summed E-state index contributed by atoms with van der Waals surface area (Å²) in [6, 6.07) is 1.12. The predicted molar refractivity (Wildman–Crippen MR) is 67.9 cm³/mol. The van der Waals surface area contributed by atoms with Gasteiger partial charge in [0.2, 0.25) is 5.91 Å². The molecule has 19 heavy (non-hydrogen) atoms. The number of amides is 1. The van der Waals surface area contributed by atoms with Crippen LogP contribution in [0.25, 0.3) is 0 Å². The quantitative estimate of drug-likeness (QED) is 0.748.